The number of carbonyl (C=O) groups is 2. The molecule has 0 aromatic rings. The van der Waals surface area contributed by atoms with Gasteiger partial charge in [-0.3, -0.25) is 4.79 Å². The minimum atomic E-state index is -0.897. The molecule has 4 heteroatoms. The van der Waals surface area contributed by atoms with Crippen LogP contribution in [-0.2, 0) is 14.3 Å². The molecule has 4 nitrogen and oxygen atoms in total. The van der Waals surface area contributed by atoms with E-state index in [1.165, 1.54) is 24.1 Å². The molecule has 1 saturated carbocycles. The average molecular weight is 360 g/mol. The Morgan fingerprint density at radius 1 is 1.38 bits per heavy atom. The van der Waals surface area contributed by atoms with Gasteiger partial charge in [0.05, 0.1) is 0 Å². The van der Waals surface area contributed by atoms with E-state index in [2.05, 4.69) is 33.4 Å². The molecular weight excluding hydrogens is 328 g/mol. The first kappa shape index (κ1) is 20.5. The van der Waals surface area contributed by atoms with Crippen LogP contribution in [0.4, 0.5) is 0 Å². The summed E-state index contributed by atoms with van der Waals surface area (Å²) in [6.07, 6.45) is 7.65. The van der Waals surface area contributed by atoms with Gasteiger partial charge in [-0.15, -0.1) is 0 Å². The molecule has 4 atom stereocenters. The number of aliphatic carboxylic acids is 1. The van der Waals surface area contributed by atoms with E-state index < -0.39 is 5.97 Å². The summed E-state index contributed by atoms with van der Waals surface area (Å²) in [5, 5.41) is 8.97. The number of allylic oxidation sites excluding steroid dienone is 3. The van der Waals surface area contributed by atoms with Crippen LogP contribution in [0, 0.1) is 16.7 Å². The molecule has 1 N–H and O–H groups in total. The molecular formula is C22H32O4. The summed E-state index contributed by atoms with van der Waals surface area (Å²) in [4.78, 5) is 22.4. The van der Waals surface area contributed by atoms with Gasteiger partial charge in [0.15, 0.2) is 0 Å². The smallest absolute Gasteiger partial charge is 0.328 e. The molecule has 0 amide bonds. The van der Waals surface area contributed by atoms with Crippen LogP contribution in [0.5, 0.6) is 0 Å². The third-order valence-electron chi connectivity index (χ3n) is 6.82. The van der Waals surface area contributed by atoms with Gasteiger partial charge in [0.25, 0.3) is 0 Å². The third kappa shape index (κ3) is 3.94. The number of hydrogen-bond donors (Lipinski definition) is 1. The lowest BCUT2D eigenvalue weighted by Gasteiger charge is -2.57. The minimum Gasteiger partial charge on any atom is -0.478 e. The molecule has 2 aliphatic rings. The van der Waals surface area contributed by atoms with Crippen LogP contribution in [0.25, 0.3) is 0 Å². The van der Waals surface area contributed by atoms with Gasteiger partial charge < -0.3 is 9.84 Å². The maximum Gasteiger partial charge on any atom is 0.328 e. The lowest BCUT2D eigenvalue weighted by Crippen LogP contribution is -2.49. The fourth-order valence-electron chi connectivity index (χ4n) is 4.97. The number of rotatable bonds is 5. The molecule has 0 unspecified atom stereocenters. The number of hydrogen-bond acceptors (Lipinski definition) is 3. The minimum absolute atomic E-state index is 0.0665. The summed E-state index contributed by atoms with van der Waals surface area (Å²) < 4.78 is 5.53. The lowest BCUT2D eigenvalue weighted by molar-refractivity contribution is -0.147. The second-order valence-corrected chi connectivity index (χ2v) is 8.55. The summed E-state index contributed by atoms with van der Waals surface area (Å²) in [7, 11) is 0. The number of esters is 1. The normalized spacial score (nSPS) is 34.7. The molecule has 0 aromatic carbocycles. The van der Waals surface area contributed by atoms with E-state index in [0.29, 0.717) is 5.92 Å². The monoisotopic (exact) mass is 360 g/mol. The van der Waals surface area contributed by atoms with Gasteiger partial charge in [-0.05, 0) is 68.8 Å². The Morgan fingerprint density at radius 3 is 2.62 bits per heavy atom. The number of ether oxygens (including phenoxy) is 1. The van der Waals surface area contributed by atoms with Crippen LogP contribution in [0.15, 0.2) is 35.5 Å². The third-order valence-corrected chi connectivity index (χ3v) is 6.82. The number of carboxylic acids is 1. The van der Waals surface area contributed by atoms with Crippen molar-refractivity contribution in [3.05, 3.63) is 35.5 Å². The van der Waals surface area contributed by atoms with Crippen LogP contribution in [0.2, 0.25) is 0 Å². The molecule has 0 bridgehead atoms. The lowest BCUT2D eigenvalue weighted by atomic mass is 9.48. The van der Waals surface area contributed by atoms with E-state index in [1.807, 2.05) is 6.92 Å². The molecule has 2 rings (SSSR count). The maximum absolute atomic E-state index is 11.5. The van der Waals surface area contributed by atoms with Gasteiger partial charge in [-0.25, -0.2) is 4.79 Å². The van der Waals surface area contributed by atoms with Crippen molar-refractivity contribution in [3.63, 3.8) is 0 Å². The molecule has 0 aromatic heterocycles. The molecule has 26 heavy (non-hydrogen) atoms. The van der Waals surface area contributed by atoms with E-state index in [0.717, 1.165) is 37.7 Å². The van der Waals surface area contributed by atoms with Gasteiger partial charge in [0.1, 0.15) is 6.10 Å². The standard InChI is InChI=1S/C22H32O4/c1-14(11-20(24)25)7-9-21(5)15(2)8-10-22(6)16(3)12-18(13-19(21)22)26-17(4)23/h11-12,18-19H,2,7-10,13H2,1,3-6H3,(H,24,25)/b14-11+/t18-,19+,21-,22+/m0/s1. The molecule has 144 valence electrons. The zero-order chi connectivity index (χ0) is 19.7. The van der Waals surface area contributed by atoms with E-state index in [-0.39, 0.29) is 22.9 Å². The van der Waals surface area contributed by atoms with Crippen LogP contribution in [0.1, 0.15) is 66.7 Å². The summed E-state index contributed by atoms with van der Waals surface area (Å²) >= 11 is 0. The molecule has 0 saturated heterocycles. The predicted octanol–water partition coefficient (Wildman–Crippen LogP) is 5.06. The summed E-state index contributed by atoms with van der Waals surface area (Å²) in [5.41, 5.74) is 3.36. The van der Waals surface area contributed by atoms with Gasteiger partial charge in [0.2, 0.25) is 0 Å². The maximum atomic E-state index is 11.5. The van der Waals surface area contributed by atoms with Crippen LogP contribution < -0.4 is 0 Å². The Kier molecular flexibility index (Phi) is 5.84. The highest BCUT2D eigenvalue weighted by Crippen LogP contribution is 2.61. The van der Waals surface area contributed by atoms with Crippen molar-refractivity contribution in [3.8, 4) is 0 Å². The van der Waals surface area contributed by atoms with E-state index in [4.69, 9.17) is 9.84 Å². The Labute approximate surface area is 157 Å². The second kappa shape index (κ2) is 7.42. The molecule has 0 aliphatic heterocycles. The first-order chi connectivity index (χ1) is 12.0. The van der Waals surface area contributed by atoms with Crippen molar-refractivity contribution < 1.29 is 19.4 Å². The zero-order valence-electron chi connectivity index (χ0n) is 16.7. The van der Waals surface area contributed by atoms with E-state index >= 15 is 0 Å². The highest BCUT2D eigenvalue weighted by molar-refractivity contribution is 5.80. The number of carboxylic acid groups (broad SMARTS) is 1. The molecule has 1 fully saturated rings. The van der Waals surface area contributed by atoms with Crippen LogP contribution in [0.3, 0.4) is 0 Å². The Bertz CT molecular complexity index is 672. The molecule has 0 spiro atoms. The quantitative estimate of drug-likeness (QED) is 0.423. The van der Waals surface area contributed by atoms with Gasteiger partial charge in [0, 0.05) is 13.0 Å². The van der Waals surface area contributed by atoms with E-state index in [9.17, 15) is 9.59 Å². The van der Waals surface area contributed by atoms with Crippen molar-refractivity contribution >= 4 is 11.9 Å². The molecule has 0 heterocycles. The Hall–Kier alpha value is -1.84. The fourth-order valence-corrected chi connectivity index (χ4v) is 4.97. The van der Waals surface area contributed by atoms with Crippen LogP contribution >= 0.6 is 0 Å². The largest absolute Gasteiger partial charge is 0.478 e. The highest BCUT2D eigenvalue weighted by atomic mass is 16.5. The van der Waals surface area contributed by atoms with E-state index in [1.54, 1.807) is 0 Å². The van der Waals surface area contributed by atoms with Crippen molar-refractivity contribution in [2.75, 3.05) is 0 Å². The van der Waals surface area contributed by atoms with Gasteiger partial charge >= 0.3 is 11.9 Å². The number of carbonyl (C=O) groups excluding carboxylic acids is 1. The number of fused-ring (bicyclic) bond motifs is 1. The molecule has 0 radical (unpaired) electrons. The summed E-state index contributed by atoms with van der Waals surface area (Å²) in [6, 6.07) is 0. The van der Waals surface area contributed by atoms with Gasteiger partial charge in [-0.1, -0.05) is 37.1 Å². The first-order valence-electron chi connectivity index (χ1n) is 9.43. The SMILES string of the molecule is C=C1CC[C@]2(C)C(C)=C[C@H](OC(C)=O)C[C@@H]2[C@@]1(C)CC/C(C)=C/C(=O)O. The van der Waals surface area contributed by atoms with Crippen molar-refractivity contribution in [1.29, 1.82) is 0 Å². The summed E-state index contributed by atoms with van der Waals surface area (Å²) in [5.74, 6) is -0.825. The Morgan fingerprint density at radius 2 is 2.04 bits per heavy atom. The molecule has 2 aliphatic carbocycles. The van der Waals surface area contributed by atoms with Gasteiger partial charge in [-0.2, -0.15) is 0 Å². The second-order valence-electron chi connectivity index (χ2n) is 8.55. The van der Waals surface area contributed by atoms with Crippen molar-refractivity contribution in [1.82, 2.24) is 0 Å². The van der Waals surface area contributed by atoms with Crippen molar-refractivity contribution in [2.45, 2.75) is 72.8 Å². The zero-order valence-corrected chi connectivity index (χ0v) is 16.7. The summed E-state index contributed by atoms with van der Waals surface area (Å²) in [6.45, 7) is 14.4. The fraction of sp³-hybridized carbons (Fsp3) is 0.636. The van der Waals surface area contributed by atoms with Crippen LogP contribution in [-0.4, -0.2) is 23.1 Å². The average Bonchev–Trinajstić information content (AvgIpc) is 2.51. The predicted molar refractivity (Wildman–Crippen MR) is 103 cm³/mol. The topological polar surface area (TPSA) is 63.6 Å². The van der Waals surface area contributed by atoms with Crippen molar-refractivity contribution in [2.24, 2.45) is 16.7 Å². The highest BCUT2D eigenvalue weighted by Gasteiger charge is 2.53. The first-order valence-corrected chi connectivity index (χ1v) is 9.43. The Balaban J connectivity index is 2.32.